The Morgan fingerprint density at radius 3 is 3.00 bits per heavy atom. The monoisotopic (exact) mass is 234 g/mol. The molecule has 0 bridgehead atoms. The number of ether oxygens (including phenoxy) is 1. The lowest BCUT2D eigenvalue weighted by molar-refractivity contribution is -0.136. The molecule has 1 atom stereocenters. The molecule has 0 aliphatic carbocycles. The number of Topliss-reactive ketones (excluding diaryl/α,β-unsaturated/α-hetero) is 1. The average molecular weight is 234 g/mol. The van der Waals surface area contributed by atoms with E-state index in [0.717, 1.165) is 0 Å². The second-order valence-corrected chi connectivity index (χ2v) is 4.29. The number of hydrogen-bond donors (Lipinski definition) is 1. The number of hydrogen-bond acceptors (Lipinski definition) is 3. The van der Waals surface area contributed by atoms with Crippen LogP contribution in [0.2, 0.25) is 0 Å². The number of carbonyl (C=O) groups is 2. The second-order valence-electron chi connectivity index (χ2n) is 4.29. The summed E-state index contributed by atoms with van der Waals surface area (Å²) in [6.07, 6.45) is 1.10. The Morgan fingerprint density at radius 1 is 1.53 bits per heavy atom. The lowest BCUT2D eigenvalue weighted by atomic mass is 10.0. The standard InChI is InChI=1S/C13H14O4/c1-8-2-5-11(14)10-4-3-9(7-13(15)16)6-12(10)17-8/h3-4,6,8H,2,5,7H2,1H3,(H,15,16). The van der Waals surface area contributed by atoms with E-state index in [1.165, 1.54) is 0 Å². The van der Waals surface area contributed by atoms with Gasteiger partial charge in [-0.05, 0) is 31.0 Å². The molecule has 1 N–H and O–H groups in total. The van der Waals surface area contributed by atoms with Crippen molar-refractivity contribution < 1.29 is 19.4 Å². The van der Waals surface area contributed by atoms with E-state index in [2.05, 4.69) is 0 Å². The fraction of sp³-hybridized carbons (Fsp3) is 0.385. The molecule has 1 unspecified atom stereocenters. The molecule has 0 saturated carbocycles. The predicted molar refractivity (Wildman–Crippen MR) is 61.4 cm³/mol. The van der Waals surface area contributed by atoms with E-state index < -0.39 is 5.97 Å². The summed E-state index contributed by atoms with van der Waals surface area (Å²) in [4.78, 5) is 22.4. The van der Waals surface area contributed by atoms with Crippen molar-refractivity contribution in [3.05, 3.63) is 29.3 Å². The van der Waals surface area contributed by atoms with Crippen molar-refractivity contribution in [2.24, 2.45) is 0 Å². The number of ketones is 1. The van der Waals surface area contributed by atoms with Gasteiger partial charge in [0.05, 0.1) is 18.1 Å². The topological polar surface area (TPSA) is 63.6 Å². The summed E-state index contributed by atoms with van der Waals surface area (Å²) in [7, 11) is 0. The smallest absolute Gasteiger partial charge is 0.307 e. The number of carboxylic acids is 1. The minimum absolute atomic E-state index is 0.0136. The molecular weight excluding hydrogens is 220 g/mol. The van der Waals surface area contributed by atoms with Crippen LogP contribution in [0.1, 0.15) is 35.7 Å². The SMILES string of the molecule is CC1CCC(=O)c2ccc(CC(=O)O)cc2O1. The Kier molecular flexibility index (Phi) is 3.13. The molecule has 4 nitrogen and oxygen atoms in total. The molecule has 1 heterocycles. The molecule has 17 heavy (non-hydrogen) atoms. The van der Waals surface area contributed by atoms with Gasteiger partial charge in [-0.1, -0.05) is 6.07 Å². The first kappa shape index (κ1) is 11.6. The van der Waals surface area contributed by atoms with Gasteiger partial charge >= 0.3 is 5.97 Å². The van der Waals surface area contributed by atoms with E-state index in [4.69, 9.17) is 9.84 Å². The molecule has 0 fully saturated rings. The van der Waals surface area contributed by atoms with Gasteiger partial charge in [0.1, 0.15) is 5.75 Å². The van der Waals surface area contributed by atoms with Gasteiger partial charge in [0.2, 0.25) is 0 Å². The molecule has 1 aromatic carbocycles. The first-order chi connectivity index (χ1) is 8.06. The van der Waals surface area contributed by atoms with Crippen molar-refractivity contribution >= 4 is 11.8 Å². The maximum atomic E-state index is 11.8. The van der Waals surface area contributed by atoms with Crippen LogP contribution in [0.4, 0.5) is 0 Å². The van der Waals surface area contributed by atoms with Crippen LogP contribution in [0.15, 0.2) is 18.2 Å². The van der Waals surface area contributed by atoms with Crippen molar-refractivity contribution in [3.63, 3.8) is 0 Å². The summed E-state index contributed by atoms with van der Waals surface area (Å²) < 4.78 is 5.64. The van der Waals surface area contributed by atoms with Crippen LogP contribution in [0.5, 0.6) is 5.75 Å². The summed E-state index contributed by atoms with van der Waals surface area (Å²) >= 11 is 0. The van der Waals surface area contributed by atoms with E-state index in [0.29, 0.717) is 29.7 Å². The van der Waals surface area contributed by atoms with E-state index in [1.807, 2.05) is 6.92 Å². The van der Waals surface area contributed by atoms with Crippen molar-refractivity contribution in [1.29, 1.82) is 0 Å². The first-order valence-corrected chi connectivity index (χ1v) is 5.61. The minimum atomic E-state index is -0.891. The fourth-order valence-electron chi connectivity index (χ4n) is 1.92. The van der Waals surface area contributed by atoms with Crippen LogP contribution in [0.3, 0.4) is 0 Å². The third kappa shape index (κ3) is 2.64. The van der Waals surface area contributed by atoms with Gasteiger partial charge in [-0.25, -0.2) is 0 Å². The van der Waals surface area contributed by atoms with Gasteiger partial charge in [-0.2, -0.15) is 0 Å². The summed E-state index contributed by atoms with van der Waals surface area (Å²) in [6, 6.07) is 4.99. The Morgan fingerprint density at radius 2 is 2.29 bits per heavy atom. The molecule has 0 spiro atoms. The number of fused-ring (bicyclic) bond motifs is 1. The number of carboxylic acid groups (broad SMARTS) is 1. The van der Waals surface area contributed by atoms with E-state index >= 15 is 0 Å². The van der Waals surface area contributed by atoms with Crippen LogP contribution in [-0.4, -0.2) is 23.0 Å². The lowest BCUT2D eigenvalue weighted by Crippen LogP contribution is -2.10. The Hall–Kier alpha value is -1.84. The molecule has 0 saturated heterocycles. The van der Waals surface area contributed by atoms with Gasteiger partial charge < -0.3 is 9.84 Å². The van der Waals surface area contributed by atoms with E-state index in [9.17, 15) is 9.59 Å². The maximum absolute atomic E-state index is 11.8. The molecule has 0 aromatic heterocycles. The van der Waals surface area contributed by atoms with Gasteiger partial charge in [0.15, 0.2) is 5.78 Å². The van der Waals surface area contributed by atoms with Crippen molar-refractivity contribution in [3.8, 4) is 5.75 Å². The van der Waals surface area contributed by atoms with Crippen LogP contribution >= 0.6 is 0 Å². The van der Waals surface area contributed by atoms with Crippen LogP contribution in [0.25, 0.3) is 0 Å². The van der Waals surface area contributed by atoms with Crippen molar-refractivity contribution in [1.82, 2.24) is 0 Å². The molecule has 1 aliphatic heterocycles. The highest BCUT2D eigenvalue weighted by molar-refractivity contribution is 5.99. The zero-order valence-corrected chi connectivity index (χ0v) is 9.60. The van der Waals surface area contributed by atoms with Crippen LogP contribution in [0, 0.1) is 0 Å². The zero-order valence-electron chi connectivity index (χ0n) is 9.60. The molecule has 0 radical (unpaired) electrons. The van der Waals surface area contributed by atoms with Crippen molar-refractivity contribution in [2.45, 2.75) is 32.3 Å². The third-order valence-corrected chi connectivity index (χ3v) is 2.81. The Labute approximate surface area is 99.2 Å². The maximum Gasteiger partial charge on any atom is 0.307 e. The van der Waals surface area contributed by atoms with Gasteiger partial charge in [0, 0.05) is 6.42 Å². The fourth-order valence-corrected chi connectivity index (χ4v) is 1.92. The summed E-state index contributed by atoms with van der Waals surface area (Å²) in [6.45, 7) is 1.91. The van der Waals surface area contributed by atoms with E-state index in [-0.39, 0.29) is 18.3 Å². The minimum Gasteiger partial charge on any atom is -0.490 e. The van der Waals surface area contributed by atoms with Gasteiger partial charge in [0.25, 0.3) is 0 Å². The molecule has 4 heteroatoms. The molecule has 90 valence electrons. The second kappa shape index (κ2) is 4.57. The Balaban J connectivity index is 2.35. The summed E-state index contributed by atoms with van der Waals surface area (Å²) in [5, 5.41) is 8.72. The predicted octanol–water partition coefficient (Wildman–Crippen LogP) is 2.06. The summed E-state index contributed by atoms with van der Waals surface area (Å²) in [5.41, 5.74) is 1.21. The van der Waals surface area contributed by atoms with Gasteiger partial charge in [-0.15, -0.1) is 0 Å². The molecule has 1 aromatic rings. The van der Waals surface area contributed by atoms with E-state index in [1.54, 1.807) is 18.2 Å². The lowest BCUT2D eigenvalue weighted by Gasteiger charge is -2.12. The highest BCUT2D eigenvalue weighted by Gasteiger charge is 2.20. The molecule has 0 amide bonds. The third-order valence-electron chi connectivity index (χ3n) is 2.81. The van der Waals surface area contributed by atoms with Gasteiger partial charge in [-0.3, -0.25) is 9.59 Å². The normalized spacial score (nSPS) is 19.1. The quantitative estimate of drug-likeness (QED) is 0.850. The van der Waals surface area contributed by atoms with Crippen LogP contribution in [-0.2, 0) is 11.2 Å². The van der Waals surface area contributed by atoms with Crippen LogP contribution < -0.4 is 4.74 Å². The number of benzene rings is 1. The molecule has 1 aliphatic rings. The summed E-state index contributed by atoms with van der Waals surface area (Å²) in [5.74, 6) is -0.317. The first-order valence-electron chi connectivity index (χ1n) is 5.61. The highest BCUT2D eigenvalue weighted by Crippen LogP contribution is 2.27. The zero-order chi connectivity index (χ0) is 12.4. The van der Waals surface area contributed by atoms with Crippen molar-refractivity contribution in [2.75, 3.05) is 0 Å². The molecular formula is C13H14O4. The highest BCUT2D eigenvalue weighted by atomic mass is 16.5. The number of carbonyl (C=O) groups excluding carboxylic acids is 1. The number of aliphatic carboxylic acids is 1. The largest absolute Gasteiger partial charge is 0.490 e. The average Bonchev–Trinajstić information content (AvgIpc) is 2.37. The number of rotatable bonds is 2. The molecule has 2 rings (SSSR count). The Bertz CT molecular complexity index is 464.